The molecule has 2 aromatic carbocycles. The number of fused-ring (bicyclic) bond motifs is 3. The number of aliphatic carboxylic acids is 4. The number of thioether (sulfide) groups is 1. The first-order valence-corrected chi connectivity index (χ1v) is 14.0. The number of pyridine rings is 1. The molecule has 0 amide bonds. The summed E-state index contributed by atoms with van der Waals surface area (Å²) in [5.41, 5.74) is 6.13. The third-order valence-corrected chi connectivity index (χ3v) is 7.09. The van der Waals surface area contributed by atoms with E-state index in [0.717, 1.165) is 44.5 Å². The predicted octanol–water partition coefficient (Wildman–Crippen LogP) is 2.57. The average molecular weight is 615 g/mol. The fourth-order valence-corrected chi connectivity index (χ4v) is 5.41. The highest BCUT2D eigenvalue weighted by Crippen LogP contribution is 2.38. The molecule has 0 saturated heterocycles. The summed E-state index contributed by atoms with van der Waals surface area (Å²) < 4.78 is 0. The Hall–Kier alpha value is -5.21. The average Bonchev–Trinajstić information content (AvgIpc) is 3.27. The largest absolute Gasteiger partial charge is 0.480 e. The summed E-state index contributed by atoms with van der Waals surface area (Å²) in [5.74, 6) is 1.26. The highest BCUT2D eigenvalue weighted by molar-refractivity contribution is 8.03. The van der Waals surface area contributed by atoms with Gasteiger partial charge in [0.1, 0.15) is 5.40 Å². The smallest absolute Gasteiger partial charge is 0.317 e. The van der Waals surface area contributed by atoms with Crippen molar-refractivity contribution in [2.24, 2.45) is 0 Å². The van der Waals surface area contributed by atoms with Gasteiger partial charge in [-0.1, -0.05) is 24.0 Å². The lowest BCUT2D eigenvalue weighted by atomic mass is 10.0. The Kier molecular flexibility index (Phi) is 10.3. The molecule has 13 heteroatoms. The number of nitriles is 1. The van der Waals surface area contributed by atoms with Crippen LogP contribution in [0.3, 0.4) is 0 Å². The zero-order valence-corrected chi connectivity index (χ0v) is 24.0. The summed E-state index contributed by atoms with van der Waals surface area (Å²) in [7, 11) is 0. The maximum absolute atomic E-state index is 11.3. The van der Waals surface area contributed by atoms with Crippen molar-refractivity contribution in [3.8, 4) is 28.4 Å². The zero-order valence-electron chi connectivity index (χ0n) is 23.2. The Morgan fingerprint density at radius 2 is 1.18 bits per heavy atom. The number of aromatic nitrogens is 1. The number of hydrogen-bond donors (Lipinski definition) is 4. The Balaban J connectivity index is 1.65. The van der Waals surface area contributed by atoms with E-state index in [1.807, 2.05) is 36.4 Å². The lowest BCUT2D eigenvalue weighted by Gasteiger charge is -2.20. The quantitative estimate of drug-likeness (QED) is 0.0976. The fourth-order valence-electron chi connectivity index (χ4n) is 4.97. The minimum absolute atomic E-state index is 0.151. The molecule has 4 N–H and O–H groups in total. The molecule has 44 heavy (non-hydrogen) atoms. The normalized spacial score (nSPS) is 11.3. The molecule has 0 fully saturated rings. The maximum Gasteiger partial charge on any atom is 0.317 e. The Bertz CT molecular complexity index is 1650. The summed E-state index contributed by atoms with van der Waals surface area (Å²) in [4.78, 5) is 52.9. The second-order valence-corrected chi connectivity index (χ2v) is 10.9. The molecule has 3 aromatic rings. The summed E-state index contributed by atoms with van der Waals surface area (Å²) >= 11 is 1.11. The van der Waals surface area contributed by atoms with Crippen molar-refractivity contribution in [1.29, 1.82) is 5.26 Å². The summed E-state index contributed by atoms with van der Waals surface area (Å²) in [5, 5.41) is 48.0. The SMILES string of the molecule is N#CSc1ccc2c(c1)Cc1cc(C#Cc3cc(CN(CC(=O)O)CC(=O)O)nc(CN(CC(=O)O)CC(=O)O)c3)ccc1-2. The van der Waals surface area contributed by atoms with E-state index in [1.165, 1.54) is 9.80 Å². The van der Waals surface area contributed by atoms with Gasteiger partial charge in [-0.15, -0.1) is 0 Å². The van der Waals surface area contributed by atoms with Crippen molar-refractivity contribution in [2.75, 3.05) is 26.2 Å². The number of carboxylic acids is 4. The van der Waals surface area contributed by atoms with Crippen LogP contribution >= 0.6 is 11.8 Å². The van der Waals surface area contributed by atoms with Crippen molar-refractivity contribution in [3.05, 3.63) is 82.2 Å². The van der Waals surface area contributed by atoms with E-state index in [-0.39, 0.29) is 24.5 Å². The molecule has 0 bridgehead atoms. The molecule has 4 rings (SSSR count). The molecule has 224 valence electrons. The number of nitrogens with zero attached hydrogens (tertiary/aromatic N) is 4. The minimum Gasteiger partial charge on any atom is -0.480 e. The number of hydrogen-bond acceptors (Lipinski definition) is 9. The molecule has 0 radical (unpaired) electrons. The third kappa shape index (κ3) is 8.89. The van der Waals surface area contributed by atoms with E-state index < -0.39 is 50.1 Å². The standard InChI is InChI=1S/C31H26N4O8S/c32-18-44-25-4-6-27-22(11-25)10-21-7-19(3-5-26(21)27)1-2-20-8-23(12-34(14-28(36)37)15-29(38)39)33-24(9-20)13-35(16-30(40)41)17-31(42)43/h3-9,11H,10,12-17H2,(H,36,37)(H,38,39)(H,40,41)(H,42,43). The van der Waals surface area contributed by atoms with Gasteiger partial charge in [0.05, 0.1) is 37.6 Å². The number of rotatable bonds is 13. The van der Waals surface area contributed by atoms with E-state index in [1.54, 1.807) is 12.1 Å². The van der Waals surface area contributed by atoms with E-state index in [4.69, 9.17) is 5.26 Å². The minimum atomic E-state index is -1.23. The van der Waals surface area contributed by atoms with Gasteiger partial charge in [0.15, 0.2) is 0 Å². The molecule has 0 spiro atoms. The van der Waals surface area contributed by atoms with Crippen molar-refractivity contribution < 1.29 is 39.6 Å². The van der Waals surface area contributed by atoms with Crippen LogP contribution in [0.1, 0.15) is 33.6 Å². The molecular weight excluding hydrogens is 588 g/mol. The van der Waals surface area contributed by atoms with Crippen LogP contribution in [0.5, 0.6) is 0 Å². The molecule has 1 heterocycles. The molecular formula is C31H26N4O8S. The summed E-state index contributed by atoms with van der Waals surface area (Å²) in [6.45, 7) is -2.53. The first-order valence-electron chi connectivity index (χ1n) is 13.1. The van der Waals surface area contributed by atoms with Crippen molar-refractivity contribution in [2.45, 2.75) is 24.4 Å². The monoisotopic (exact) mass is 614 g/mol. The first-order chi connectivity index (χ1) is 21.0. The van der Waals surface area contributed by atoms with Crippen LogP contribution in [-0.2, 0) is 38.7 Å². The third-order valence-electron chi connectivity index (χ3n) is 6.51. The van der Waals surface area contributed by atoms with E-state index in [0.29, 0.717) is 12.0 Å². The van der Waals surface area contributed by atoms with Crippen LogP contribution in [-0.4, -0.2) is 85.3 Å². The van der Waals surface area contributed by atoms with Crippen LogP contribution < -0.4 is 0 Å². The molecule has 12 nitrogen and oxygen atoms in total. The van der Waals surface area contributed by atoms with E-state index in [9.17, 15) is 39.6 Å². The second kappa shape index (κ2) is 14.3. The van der Waals surface area contributed by atoms with Gasteiger partial charge in [0, 0.05) is 29.1 Å². The predicted molar refractivity (Wildman–Crippen MR) is 157 cm³/mol. The lowest BCUT2D eigenvalue weighted by molar-refractivity contribution is -0.144. The highest BCUT2D eigenvalue weighted by Gasteiger charge is 2.20. The van der Waals surface area contributed by atoms with Crippen LogP contribution in [0.2, 0.25) is 0 Å². The molecule has 1 aliphatic carbocycles. The Morgan fingerprint density at radius 1 is 0.705 bits per heavy atom. The number of carboxylic acid groups (broad SMARTS) is 4. The van der Waals surface area contributed by atoms with Gasteiger partial charge in [-0.05, 0) is 76.8 Å². The van der Waals surface area contributed by atoms with Gasteiger partial charge < -0.3 is 20.4 Å². The highest BCUT2D eigenvalue weighted by atomic mass is 32.2. The Morgan fingerprint density at radius 3 is 1.68 bits per heavy atom. The summed E-state index contributed by atoms with van der Waals surface area (Å²) in [6.07, 6.45) is 0.690. The molecule has 0 saturated carbocycles. The Labute approximate surface area is 256 Å². The number of carbonyl (C=O) groups is 4. The zero-order chi connectivity index (χ0) is 31.8. The van der Waals surface area contributed by atoms with Gasteiger partial charge in [-0.25, -0.2) is 0 Å². The van der Waals surface area contributed by atoms with Crippen molar-refractivity contribution >= 4 is 35.6 Å². The van der Waals surface area contributed by atoms with Gasteiger partial charge in [0.2, 0.25) is 0 Å². The summed E-state index contributed by atoms with van der Waals surface area (Å²) in [6, 6.07) is 14.9. The van der Waals surface area contributed by atoms with Gasteiger partial charge in [-0.2, -0.15) is 5.26 Å². The molecule has 1 aliphatic rings. The van der Waals surface area contributed by atoms with Crippen LogP contribution in [0, 0.1) is 22.5 Å². The van der Waals surface area contributed by atoms with Crippen LogP contribution in [0.15, 0.2) is 53.4 Å². The van der Waals surface area contributed by atoms with Crippen LogP contribution in [0.25, 0.3) is 11.1 Å². The topological polar surface area (TPSA) is 192 Å². The molecule has 0 aliphatic heterocycles. The molecule has 0 unspecified atom stereocenters. The van der Waals surface area contributed by atoms with Crippen molar-refractivity contribution in [1.82, 2.24) is 14.8 Å². The fraction of sp³-hybridized carbons (Fsp3) is 0.226. The maximum atomic E-state index is 11.3. The number of thiocyanates is 1. The van der Waals surface area contributed by atoms with E-state index in [2.05, 4.69) is 22.2 Å². The lowest BCUT2D eigenvalue weighted by Crippen LogP contribution is -2.35. The van der Waals surface area contributed by atoms with Gasteiger partial charge in [0.25, 0.3) is 0 Å². The van der Waals surface area contributed by atoms with Crippen LogP contribution in [0.4, 0.5) is 0 Å². The first kappa shape index (κ1) is 31.7. The van der Waals surface area contributed by atoms with Gasteiger partial charge in [-0.3, -0.25) is 34.0 Å². The number of benzene rings is 2. The van der Waals surface area contributed by atoms with Gasteiger partial charge >= 0.3 is 23.9 Å². The van der Waals surface area contributed by atoms with E-state index >= 15 is 0 Å². The van der Waals surface area contributed by atoms with Crippen molar-refractivity contribution in [3.63, 3.8) is 0 Å². The molecule has 1 aromatic heterocycles. The molecule has 0 atom stereocenters. The second-order valence-electron chi connectivity index (χ2n) is 10.0.